The van der Waals surface area contributed by atoms with E-state index >= 15 is 0 Å². The molecule has 2 amide bonds. The topological polar surface area (TPSA) is 65.0 Å². The van der Waals surface area contributed by atoms with E-state index in [1.807, 2.05) is 35.0 Å². The molecule has 2 aliphatic carbocycles. The number of rotatable bonds is 9. The van der Waals surface area contributed by atoms with Gasteiger partial charge < -0.3 is 25.0 Å². The number of carbonyl (C=O) groups is 1. The third kappa shape index (κ3) is 5.43. The fraction of sp³-hybridized carbons (Fsp3) is 0.696. The first-order valence-corrected chi connectivity index (χ1v) is 11.2. The van der Waals surface area contributed by atoms with Crippen molar-refractivity contribution in [3.8, 4) is 5.75 Å². The van der Waals surface area contributed by atoms with E-state index < -0.39 is 6.10 Å². The van der Waals surface area contributed by atoms with Gasteiger partial charge in [0.15, 0.2) is 0 Å². The van der Waals surface area contributed by atoms with Crippen molar-refractivity contribution in [2.75, 3.05) is 33.3 Å². The lowest BCUT2D eigenvalue weighted by Gasteiger charge is -2.35. The van der Waals surface area contributed by atoms with Crippen LogP contribution >= 0.6 is 0 Å². The number of aliphatic hydroxyl groups is 1. The van der Waals surface area contributed by atoms with Gasteiger partial charge in [0.05, 0.1) is 12.7 Å². The molecule has 4 rings (SSSR count). The van der Waals surface area contributed by atoms with Crippen LogP contribution in [0.25, 0.3) is 0 Å². The molecule has 160 valence electrons. The van der Waals surface area contributed by atoms with Gasteiger partial charge in [0, 0.05) is 45.2 Å². The van der Waals surface area contributed by atoms with Gasteiger partial charge in [-0.1, -0.05) is 18.2 Å². The van der Waals surface area contributed by atoms with Crippen molar-refractivity contribution in [1.82, 2.24) is 15.1 Å². The number of para-hydroxylation sites is 1. The quantitative estimate of drug-likeness (QED) is 0.668. The first kappa shape index (κ1) is 20.5. The number of urea groups is 1. The van der Waals surface area contributed by atoms with Gasteiger partial charge in [0.2, 0.25) is 0 Å². The number of amides is 2. The van der Waals surface area contributed by atoms with Crippen LogP contribution in [0.15, 0.2) is 24.3 Å². The summed E-state index contributed by atoms with van der Waals surface area (Å²) in [6.45, 7) is 3.09. The number of nitrogens with zero attached hydrogens (tertiary/aromatic N) is 2. The Morgan fingerprint density at radius 3 is 2.59 bits per heavy atom. The number of hydrogen-bond acceptors (Lipinski definition) is 4. The lowest BCUT2D eigenvalue weighted by molar-refractivity contribution is 0.145. The van der Waals surface area contributed by atoms with Crippen LogP contribution in [0.1, 0.15) is 44.1 Å². The fourth-order valence-corrected chi connectivity index (χ4v) is 4.53. The summed E-state index contributed by atoms with van der Waals surface area (Å²) in [6, 6.07) is 9.06. The first-order valence-electron chi connectivity index (χ1n) is 11.2. The summed E-state index contributed by atoms with van der Waals surface area (Å²) < 4.78 is 5.97. The van der Waals surface area contributed by atoms with Crippen LogP contribution in [0.3, 0.4) is 0 Å². The minimum atomic E-state index is -0.424. The van der Waals surface area contributed by atoms with Gasteiger partial charge in [-0.05, 0) is 56.1 Å². The molecule has 0 radical (unpaired) electrons. The molecule has 1 aliphatic heterocycles. The Morgan fingerprint density at radius 1 is 1.14 bits per heavy atom. The molecule has 1 aromatic carbocycles. The highest BCUT2D eigenvalue weighted by atomic mass is 16.5. The van der Waals surface area contributed by atoms with E-state index in [2.05, 4.69) is 11.4 Å². The fourth-order valence-electron chi connectivity index (χ4n) is 4.53. The average molecular weight is 402 g/mol. The molecule has 2 N–H and O–H groups in total. The predicted molar refractivity (Wildman–Crippen MR) is 113 cm³/mol. The summed E-state index contributed by atoms with van der Waals surface area (Å²) in [5.41, 5.74) is 1.09. The van der Waals surface area contributed by atoms with E-state index in [-0.39, 0.29) is 6.03 Å². The number of aliphatic hydroxyl groups excluding tert-OH is 1. The lowest BCUT2D eigenvalue weighted by Crippen LogP contribution is -2.45. The molecule has 1 atom stereocenters. The van der Waals surface area contributed by atoms with Crippen LogP contribution in [0.4, 0.5) is 4.79 Å². The van der Waals surface area contributed by atoms with E-state index in [1.165, 1.54) is 12.8 Å². The van der Waals surface area contributed by atoms with Crippen LogP contribution in [0.5, 0.6) is 5.75 Å². The van der Waals surface area contributed by atoms with Crippen molar-refractivity contribution in [1.29, 1.82) is 0 Å². The Bertz CT molecular complexity index is 686. The molecular weight excluding hydrogens is 366 g/mol. The summed E-state index contributed by atoms with van der Waals surface area (Å²) >= 11 is 0. The summed E-state index contributed by atoms with van der Waals surface area (Å²) in [4.78, 5) is 16.0. The Labute approximate surface area is 174 Å². The van der Waals surface area contributed by atoms with Crippen molar-refractivity contribution in [3.63, 3.8) is 0 Å². The zero-order valence-corrected chi connectivity index (χ0v) is 17.6. The number of nitrogens with one attached hydrogen (secondary N) is 1. The van der Waals surface area contributed by atoms with Crippen LogP contribution in [0, 0.1) is 5.92 Å². The Kier molecular flexibility index (Phi) is 6.60. The zero-order valence-electron chi connectivity index (χ0n) is 17.6. The highest BCUT2D eigenvalue weighted by Gasteiger charge is 2.34. The highest BCUT2D eigenvalue weighted by Crippen LogP contribution is 2.30. The van der Waals surface area contributed by atoms with Crippen molar-refractivity contribution in [3.05, 3.63) is 29.8 Å². The third-order valence-corrected chi connectivity index (χ3v) is 6.63. The second-order valence-corrected chi connectivity index (χ2v) is 9.03. The van der Waals surface area contributed by atoms with Gasteiger partial charge in [-0.15, -0.1) is 0 Å². The second-order valence-electron chi connectivity index (χ2n) is 9.03. The zero-order chi connectivity index (χ0) is 20.2. The first-order chi connectivity index (χ1) is 14.1. The Hall–Kier alpha value is -1.79. The molecule has 2 saturated carbocycles. The minimum absolute atomic E-state index is 0.180. The molecule has 3 fully saturated rings. The molecule has 1 unspecified atom stereocenters. The summed E-state index contributed by atoms with van der Waals surface area (Å²) in [6.07, 6.45) is 6.96. The smallest absolute Gasteiger partial charge is 0.320 e. The third-order valence-electron chi connectivity index (χ3n) is 6.63. The molecule has 1 heterocycles. The van der Waals surface area contributed by atoms with Crippen LogP contribution in [0.2, 0.25) is 0 Å². The van der Waals surface area contributed by atoms with Gasteiger partial charge in [0.25, 0.3) is 0 Å². The molecular formula is C23H35N3O3. The SMILES string of the molecule is CN1CCN([C@H]2CC[C@@H](NCC(O)Cc3ccccc3OCC3CC3)CC2)C1=O. The summed E-state index contributed by atoms with van der Waals surface area (Å²) in [7, 11) is 1.88. The normalized spacial score (nSPS) is 26.1. The monoisotopic (exact) mass is 401 g/mol. The molecule has 29 heavy (non-hydrogen) atoms. The van der Waals surface area contributed by atoms with E-state index in [4.69, 9.17) is 4.74 Å². The Morgan fingerprint density at radius 2 is 1.90 bits per heavy atom. The molecule has 0 bridgehead atoms. The predicted octanol–water partition coefficient (Wildman–Crippen LogP) is 2.65. The standard InChI is InChI=1S/C23H35N3O3/c1-25-12-13-26(23(25)28)20-10-8-19(9-11-20)24-15-21(27)14-18-4-2-3-5-22(18)29-16-17-6-7-17/h2-5,17,19-21,24,27H,6-16H2,1H3/t19-,20+,21?. The summed E-state index contributed by atoms with van der Waals surface area (Å²) in [5, 5.41) is 14.1. The van der Waals surface area contributed by atoms with E-state index in [0.717, 1.165) is 62.6 Å². The summed E-state index contributed by atoms with van der Waals surface area (Å²) in [5.74, 6) is 1.64. The Balaban J connectivity index is 1.19. The van der Waals surface area contributed by atoms with Crippen LogP contribution in [-0.4, -0.2) is 72.4 Å². The maximum Gasteiger partial charge on any atom is 0.320 e. The van der Waals surface area contributed by atoms with Crippen molar-refractivity contribution < 1.29 is 14.6 Å². The van der Waals surface area contributed by atoms with Gasteiger partial charge >= 0.3 is 6.03 Å². The second kappa shape index (κ2) is 9.35. The molecule has 0 aromatic heterocycles. The number of benzene rings is 1. The largest absolute Gasteiger partial charge is 0.493 e. The van der Waals surface area contributed by atoms with Crippen molar-refractivity contribution in [2.45, 2.75) is 63.1 Å². The van der Waals surface area contributed by atoms with Crippen molar-refractivity contribution >= 4 is 6.03 Å². The van der Waals surface area contributed by atoms with Gasteiger partial charge in [0.1, 0.15) is 5.75 Å². The number of ether oxygens (including phenoxy) is 1. The molecule has 6 heteroatoms. The maximum atomic E-state index is 12.2. The maximum absolute atomic E-state index is 12.2. The van der Waals surface area contributed by atoms with Gasteiger partial charge in [-0.3, -0.25) is 0 Å². The molecule has 0 spiro atoms. The van der Waals surface area contributed by atoms with E-state index in [1.54, 1.807) is 0 Å². The molecule has 1 aromatic rings. The van der Waals surface area contributed by atoms with Crippen LogP contribution < -0.4 is 10.1 Å². The number of hydrogen-bond donors (Lipinski definition) is 2. The molecule has 6 nitrogen and oxygen atoms in total. The van der Waals surface area contributed by atoms with Crippen molar-refractivity contribution in [2.24, 2.45) is 5.92 Å². The molecule has 1 saturated heterocycles. The average Bonchev–Trinajstić information content (AvgIpc) is 3.51. The van der Waals surface area contributed by atoms with E-state index in [0.29, 0.717) is 25.0 Å². The van der Waals surface area contributed by atoms with Gasteiger partial charge in [-0.2, -0.15) is 0 Å². The van der Waals surface area contributed by atoms with E-state index in [9.17, 15) is 9.90 Å². The lowest BCUT2D eigenvalue weighted by atomic mass is 9.90. The van der Waals surface area contributed by atoms with Gasteiger partial charge in [-0.25, -0.2) is 4.79 Å². The minimum Gasteiger partial charge on any atom is -0.493 e. The number of likely N-dealkylation sites (N-methyl/N-ethyl adjacent to an activating group) is 1. The number of carbonyl (C=O) groups excluding carboxylic acids is 1. The highest BCUT2D eigenvalue weighted by molar-refractivity contribution is 5.76. The van der Waals surface area contributed by atoms with Crippen LogP contribution in [-0.2, 0) is 6.42 Å². The molecule has 3 aliphatic rings.